The largest absolute Gasteiger partial charge is 0.465 e. The van der Waals surface area contributed by atoms with Crippen LogP contribution in [0, 0.1) is 0 Å². The van der Waals surface area contributed by atoms with Crippen molar-refractivity contribution in [3.63, 3.8) is 0 Å². The number of methoxy groups -OCH3 is 1. The van der Waals surface area contributed by atoms with Gasteiger partial charge in [0, 0.05) is 24.9 Å². The fraction of sp³-hybridized carbons (Fsp3) is 0.333. The van der Waals surface area contributed by atoms with Crippen LogP contribution in [0.1, 0.15) is 17.3 Å². The second-order valence-electron chi connectivity index (χ2n) is 3.34. The van der Waals surface area contributed by atoms with Gasteiger partial charge in [-0.2, -0.15) is 0 Å². The van der Waals surface area contributed by atoms with Gasteiger partial charge in [0.2, 0.25) is 0 Å². The number of thioether (sulfide) groups is 1. The number of carbonyl (C=O) groups excluding carboxylic acids is 2. The molecule has 0 atom stereocenters. The molecule has 0 heterocycles. The molecule has 0 amide bonds. The van der Waals surface area contributed by atoms with Crippen LogP contribution in [0.25, 0.3) is 0 Å². The number of rotatable bonds is 5. The van der Waals surface area contributed by atoms with Crippen molar-refractivity contribution < 1.29 is 14.3 Å². The second kappa shape index (κ2) is 6.96. The normalized spacial score (nSPS) is 9.76. The minimum Gasteiger partial charge on any atom is -0.465 e. The second-order valence-corrected chi connectivity index (χ2v) is 4.61. The van der Waals surface area contributed by atoms with Gasteiger partial charge in [-0.1, -0.05) is 11.8 Å². The standard InChI is InChI=1S/C12H15NO3S/c1-9(14)17-8-7-13-11-5-3-10(4-6-11)12(15)16-2/h3-6,13H,7-8H2,1-2H3. The molecule has 1 rings (SSSR count). The minimum atomic E-state index is -0.344. The van der Waals surface area contributed by atoms with Crippen LogP contribution in [0.4, 0.5) is 5.69 Å². The number of hydrogen-bond acceptors (Lipinski definition) is 5. The Hall–Kier alpha value is -1.49. The highest BCUT2D eigenvalue weighted by atomic mass is 32.2. The van der Waals surface area contributed by atoms with Crippen LogP contribution in [0.5, 0.6) is 0 Å². The fourth-order valence-corrected chi connectivity index (χ4v) is 1.72. The smallest absolute Gasteiger partial charge is 0.337 e. The molecule has 0 aliphatic heterocycles. The topological polar surface area (TPSA) is 55.4 Å². The third kappa shape index (κ3) is 4.91. The molecule has 0 aromatic heterocycles. The average molecular weight is 253 g/mol. The van der Waals surface area contributed by atoms with Crippen LogP contribution in [0.2, 0.25) is 0 Å². The van der Waals surface area contributed by atoms with Gasteiger partial charge in [0.1, 0.15) is 0 Å². The van der Waals surface area contributed by atoms with Crippen molar-refractivity contribution in [2.45, 2.75) is 6.92 Å². The monoisotopic (exact) mass is 253 g/mol. The summed E-state index contributed by atoms with van der Waals surface area (Å²) in [4.78, 5) is 21.9. The molecule has 0 radical (unpaired) electrons. The lowest BCUT2D eigenvalue weighted by Gasteiger charge is -2.06. The van der Waals surface area contributed by atoms with E-state index in [0.717, 1.165) is 11.4 Å². The van der Waals surface area contributed by atoms with E-state index in [4.69, 9.17) is 0 Å². The number of hydrogen-bond donors (Lipinski definition) is 1. The van der Waals surface area contributed by atoms with Gasteiger partial charge in [-0.15, -0.1) is 0 Å². The number of carbonyl (C=O) groups is 2. The highest BCUT2D eigenvalue weighted by Crippen LogP contribution is 2.10. The lowest BCUT2D eigenvalue weighted by atomic mass is 10.2. The molecular formula is C12H15NO3S. The molecule has 0 fully saturated rings. The van der Waals surface area contributed by atoms with E-state index in [1.165, 1.54) is 18.9 Å². The van der Waals surface area contributed by atoms with E-state index in [0.29, 0.717) is 12.1 Å². The first-order valence-corrected chi connectivity index (χ1v) is 6.17. The third-order valence-electron chi connectivity index (χ3n) is 2.04. The van der Waals surface area contributed by atoms with E-state index in [9.17, 15) is 9.59 Å². The van der Waals surface area contributed by atoms with Gasteiger partial charge in [0.25, 0.3) is 0 Å². The van der Waals surface area contributed by atoms with E-state index < -0.39 is 0 Å². The van der Waals surface area contributed by atoms with Gasteiger partial charge in [0.05, 0.1) is 12.7 Å². The Kier molecular flexibility index (Phi) is 5.56. The summed E-state index contributed by atoms with van der Waals surface area (Å²) < 4.78 is 4.60. The van der Waals surface area contributed by atoms with Crippen LogP contribution in [-0.2, 0) is 9.53 Å². The van der Waals surface area contributed by atoms with E-state index in [-0.39, 0.29) is 11.1 Å². The zero-order valence-electron chi connectivity index (χ0n) is 9.86. The lowest BCUT2D eigenvalue weighted by Crippen LogP contribution is -2.06. The fourth-order valence-electron chi connectivity index (χ4n) is 1.23. The Balaban J connectivity index is 2.40. The van der Waals surface area contributed by atoms with Gasteiger partial charge in [-0.3, -0.25) is 4.79 Å². The van der Waals surface area contributed by atoms with Crippen molar-refractivity contribution >= 4 is 28.5 Å². The number of esters is 1. The SMILES string of the molecule is COC(=O)c1ccc(NCCSC(C)=O)cc1. The molecule has 4 nitrogen and oxygen atoms in total. The molecule has 0 aliphatic rings. The van der Waals surface area contributed by atoms with Crippen molar-refractivity contribution in [2.75, 3.05) is 24.7 Å². The van der Waals surface area contributed by atoms with Crippen molar-refractivity contribution in [1.82, 2.24) is 0 Å². The highest BCUT2D eigenvalue weighted by Gasteiger charge is 2.03. The summed E-state index contributed by atoms with van der Waals surface area (Å²) in [6.45, 7) is 2.26. The van der Waals surface area contributed by atoms with E-state index in [1.807, 2.05) is 12.1 Å². The van der Waals surface area contributed by atoms with Crippen molar-refractivity contribution in [3.8, 4) is 0 Å². The third-order valence-corrected chi connectivity index (χ3v) is 2.86. The Morgan fingerprint density at radius 2 is 1.94 bits per heavy atom. The molecule has 0 aliphatic carbocycles. The first-order chi connectivity index (χ1) is 8.13. The van der Waals surface area contributed by atoms with E-state index in [2.05, 4.69) is 10.1 Å². The number of ether oxygens (including phenoxy) is 1. The minimum absolute atomic E-state index is 0.118. The maximum atomic E-state index is 11.2. The molecule has 92 valence electrons. The first-order valence-electron chi connectivity index (χ1n) is 5.19. The summed E-state index contributed by atoms with van der Waals surface area (Å²) in [5.41, 5.74) is 1.44. The maximum Gasteiger partial charge on any atom is 0.337 e. The molecule has 5 heteroatoms. The molecule has 0 spiro atoms. The molecule has 1 N–H and O–H groups in total. The van der Waals surface area contributed by atoms with E-state index >= 15 is 0 Å². The van der Waals surface area contributed by atoms with Crippen LogP contribution in [0.15, 0.2) is 24.3 Å². The molecular weight excluding hydrogens is 238 g/mol. The predicted octanol–water partition coefficient (Wildman–Crippen LogP) is 2.16. The van der Waals surface area contributed by atoms with Crippen molar-refractivity contribution in [2.24, 2.45) is 0 Å². The summed E-state index contributed by atoms with van der Waals surface area (Å²) in [6, 6.07) is 7.02. The van der Waals surface area contributed by atoms with Crippen LogP contribution in [-0.4, -0.2) is 30.5 Å². The van der Waals surface area contributed by atoms with Gasteiger partial charge < -0.3 is 10.1 Å². The summed E-state index contributed by atoms with van der Waals surface area (Å²) >= 11 is 1.29. The molecule has 0 bridgehead atoms. The van der Waals surface area contributed by atoms with Gasteiger partial charge in [0.15, 0.2) is 5.12 Å². The number of anilines is 1. The summed E-state index contributed by atoms with van der Waals surface area (Å²) in [7, 11) is 1.35. The predicted molar refractivity (Wildman–Crippen MR) is 69.4 cm³/mol. The maximum absolute atomic E-state index is 11.2. The quantitative estimate of drug-likeness (QED) is 0.643. The van der Waals surface area contributed by atoms with Gasteiger partial charge in [-0.25, -0.2) is 4.79 Å². The Bertz CT molecular complexity index is 389. The first kappa shape index (κ1) is 13.6. The number of benzene rings is 1. The summed E-state index contributed by atoms with van der Waals surface area (Å²) in [5, 5.41) is 3.28. The Morgan fingerprint density at radius 1 is 1.29 bits per heavy atom. The molecule has 1 aromatic rings. The van der Waals surface area contributed by atoms with Crippen molar-refractivity contribution in [3.05, 3.63) is 29.8 Å². The molecule has 17 heavy (non-hydrogen) atoms. The van der Waals surface area contributed by atoms with Crippen molar-refractivity contribution in [1.29, 1.82) is 0 Å². The molecule has 0 saturated heterocycles. The molecule has 0 saturated carbocycles. The van der Waals surface area contributed by atoms with Crippen LogP contribution >= 0.6 is 11.8 Å². The highest BCUT2D eigenvalue weighted by molar-refractivity contribution is 8.13. The zero-order valence-corrected chi connectivity index (χ0v) is 10.7. The lowest BCUT2D eigenvalue weighted by molar-refractivity contribution is -0.109. The molecule has 0 unspecified atom stereocenters. The van der Waals surface area contributed by atoms with Gasteiger partial charge in [-0.05, 0) is 24.3 Å². The Morgan fingerprint density at radius 3 is 2.47 bits per heavy atom. The van der Waals surface area contributed by atoms with Crippen LogP contribution < -0.4 is 5.32 Å². The van der Waals surface area contributed by atoms with E-state index in [1.54, 1.807) is 19.1 Å². The summed E-state index contributed by atoms with van der Waals surface area (Å²) in [5.74, 6) is 0.386. The Labute approximate surface area is 105 Å². The average Bonchev–Trinajstić information content (AvgIpc) is 2.34. The van der Waals surface area contributed by atoms with Crippen LogP contribution in [0.3, 0.4) is 0 Å². The zero-order chi connectivity index (χ0) is 12.7. The summed E-state index contributed by atoms with van der Waals surface area (Å²) in [6.07, 6.45) is 0. The number of nitrogens with one attached hydrogen (secondary N) is 1. The molecule has 1 aromatic carbocycles. The van der Waals surface area contributed by atoms with Gasteiger partial charge >= 0.3 is 5.97 Å².